The van der Waals surface area contributed by atoms with Crippen LogP contribution in [-0.4, -0.2) is 19.9 Å². The molecule has 0 bridgehead atoms. The van der Waals surface area contributed by atoms with Gasteiger partial charge in [-0.25, -0.2) is 0 Å². The minimum Gasteiger partial charge on any atom is -0.493 e. The first-order valence-corrected chi connectivity index (χ1v) is 11.0. The fourth-order valence-corrected chi connectivity index (χ4v) is 4.54. The van der Waals surface area contributed by atoms with Crippen molar-refractivity contribution < 1.29 is 9.47 Å². The number of hydrogen-bond donors (Lipinski definition) is 0. The number of hydrogen-bond acceptors (Lipinski definition) is 3. The Morgan fingerprint density at radius 3 is 2.17 bits per heavy atom. The predicted molar refractivity (Wildman–Crippen MR) is 126 cm³/mol. The standard InChI is InChI=1S/C27H35NO2/c1-19(2)15-23-14-13-22(24-16-26(29-4)27(30-5)17-25(23)24)12-11-20(3)28-18-21-9-7-6-8-10-21/h6-10,16-17,22-23H,1,11-15,18H2,2-5H3/t22-,23-/m1/s1. The van der Waals surface area contributed by atoms with E-state index in [9.17, 15) is 0 Å². The first kappa shape index (κ1) is 22.1. The number of rotatable bonds is 9. The van der Waals surface area contributed by atoms with E-state index in [4.69, 9.17) is 14.5 Å². The van der Waals surface area contributed by atoms with E-state index in [0.29, 0.717) is 11.8 Å². The number of fused-ring (bicyclic) bond motifs is 1. The Morgan fingerprint density at radius 2 is 1.57 bits per heavy atom. The molecule has 0 amide bonds. The van der Waals surface area contributed by atoms with Crippen LogP contribution in [-0.2, 0) is 6.54 Å². The summed E-state index contributed by atoms with van der Waals surface area (Å²) < 4.78 is 11.2. The highest BCUT2D eigenvalue weighted by atomic mass is 16.5. The molecule has 0 aromatic heterocycles. The first-order valence-electron chi connectivity index (χ1n) is 11.0. The van der Waals surface area contributed by atoms with E-state index in [-0.39, 0.29) is 0 Å². The van der Waals surface area contributed by atoms with E-state index in [0.717, 1.165) is 37.3 Å². The van der Waals surface area contributed by atoms with Crippen molar-refractivity contribution in [1.29, 1.82) is 0 Å². The minimum absolute atomic E-state index is 0.515. The fraction of sp³-hybridized carbons (Fsp3) is 0.444. The molecular weight excluding hydrogens is 370 g/mol. The van der Waals surface area contributed by atoms with Crippen LogP contribution in [0.4, 0.5) is 0 Å². The van der Waals surface area contributed by atoms with Gasteiger partial charge in [-0.15, -0.1) is 6.58 Å². The molecule has 3 nitrogen and oxygen atoms in total. The molecule has 0 saturated carbocycles. The van der Waals surface area contributed by atoms with Crippen LogP contribution in [0.25, 0.3) is 0 Å². The second kappa shape index (κ2) is 10.5. The van der Waals surface area contributed by atoms with Crippen LogP contribution >= 0.6 is 0 Å². The van der Waals surface area contributed by atoms with E-state index < -0.39 is 0 Å². The van der Waals surface area contributed by atoms with Crippen molar-refractivity contribution in [2.75, 3.05) is 14.2 Å². The molecule has 0 aliphatic heterocycles. The van der Waals surface area contributed by atoms with E-state index in [1.54, 1.807) is 14.2 Å². The number of benzene rings is 2. The van der Waals surface area contributed by atoms with Crippen LogP contribution in [0.5, 0.6) is 11.5 Å². The fourth-order valence-electron chi connectivity index (χ4n) is 4.54. The van der Waals surface area contributed by atoms with Crippen molar-refractivity contribution in [1.82, 2.24) is 0 Å². The number of allylic oxidation sites excluding steroid dienone is 1. The summed E-state index contributed by atoms with van der Waals surface area (Å²) >= 11 is 0. The molecule has 160 valence electrons. The number of methoxy groups -OCH3 is 2. The molecular formula is C27H35NO2. The third-order valence-corrected chi connectivity index (χ3v) is 6.16. The van der Waals surface area contributed by atoms with Crippen molar-refractivity contribution in [3.05, 3.63) is 71.3 Å². The lowest BCUT2D eigenvalue weighted by molar-refractivity contribution is 0.350. The van der Waals surface area contributed by atoms with E-state index in [1.165, 1.54) is 40.8 Å². The molecule has 3 heteroatoms. The van der Waals surface area contributed by atoms with Crippen LogP contribution in [0.1, 0.15) is 74.5 Å². The zero-order valence-electron chi connectivity index (χ0n) is 18.9. The van der Waals surface area contributed by atoms with Gasteiger partial charge in [0.25, 0.3) is 0 Å². The van der Waals surface area contributed by atoms with Gasteiger partial charge in [0.15, 0.2) is 11.5 Å². The molecule has 1 aliphatic rings. The molecule has 1 aliphatic carbocycles. The maximum Gasteiger partial charge on any atom is 0.161 e. The molecule has 0 N–H and O–H groups in total. The largest absolute Gasteiger partial charge is 0.493 e. The molecule has 2 aromatic carbocycles. The number of aliphatic imine (C=N–C) groups is 1. The monoisotopic (exact) mass is 405 g/mol. The Kier molecular flexibility index (Phi) is 7.73. The lowest BCUT2D eigenvalue weighted by atomic mass is 9.73. The Hall–Kier alpha value is -2.55. The summed E-state index contributed by atoms with van der Waals surface area (Å²) in [5, 5.41) is 0. The van der Waals surface area contributed by atoms with Crippen molar-refractivity contribution in [3.63, 3.8) is 0 Å². The Morgan fingerprint density at radius 1 is 0.967 bits per heavy atom. The van der Waals surface area contributed by atoms with Crippen LogP contribution < -0.4 is 9.47 Å². The van der Waals surface area contributed by atoms with E-state index >= 15 is 0 Å². The summed E-state index contributed by atoms with van der Waals surface area (Å²) in [5.74, 6) is 2.69. The normalized spacial score (nSPS) is 18.6. The third-order valence-electron chi connectivity index (χ3n) is 6.16. The molecule has 0 radical (unpaired) electrons. The van der Waals surface area contributed by atoms with Gasteiger partial charge in [-0.1, -0.05) is 35.9 Å². The molecule has 0 unspecified atom stereocenters. The second-order valence-electron chi connectivity index (χ2n) is 8.54. The molecule has 0 spiro atoms. The average molecular weight is 406 g/mol. The Balaban J connectivity index is 1.76. The SMILES string of the molecule is C=C(C)C[C@H]1CC[C@@H](CCC(C)=NCc2ccccc2)c2cc(OC)c(OC)cc21. The molecule has 0 heterocycles. The predicted octanol–water partition coefficient (Wildman–Crippen LogP) is 7.07. The number of ether oxygens (including phenoxy) is 2. The van der Waals surface area contributed by atoms with Gasteiger partial charge in [0.2, 0.25) is 0 Å². The van der Waals surface area contributed by atoms with Crippen LogP contribution in [0.2, 0.25) is 0 Å². The average Bonchev–Trinajstić information content (AvgIpc) is 2.76. The highest BCUT2D eigenvalue weighted by Gasteiger charge is 2.29. The summed E-state index contributed by atoms with van der Waals surface area (Å²) in [6.45, 7) is 9.20. The van der Waals surface area contributed by atoms with Crippen LogP contribution in [0.15, 0.2) is 59.6 Å². The van der Waals surface area contributed by atoms with Gasteiger partial charge in [0, 0.05) is 5.71 Å². The Labute approximate surface area is 181 Å². The summed E-state index contributed by atoms with van der Waals surface area (Å²) in [6, 6.07) is 14.9. The summed E-state index contributed by atoms with van der Waals surface area (Å²) in [4.78, 5) is 4.81. The lowest BCUT2D eigenvalue weighted by Crippen LogP contribution is -2.16. The highest BCUT2D eigenvalue weighted by Crippen LogP contribution is 2.47. The maximum atomic E-state index is 5.61. The first-order chi connectivity index (χ1) is 14.5. The second-order valence-corrected chi connectivity index (χ2v) is 8.54. The van der Waals surface area contributed by atoms with Gasteiger partial charge in [-0.05, 0) is 86.6 Å². The maximum absolute atomic E-state index is 5.61. The molecule has 2 aromatic rings. The van der Waals surface area contributed by atoms with Crippen molar-refractivity contribution in [2.24, 2.45) is 4.99 Å². The van der Waals surface area contributed by atoms with E-state index in [1.807, 2.05) is 6.07 Å². The van der Waals surface area contributed by atoms with E-state index in [2.05, 4.69) is 56.8 Å². The van der Waals surface area contributed by atoms with Gasteiger partial charge in [-0.3, -0.25) is 4.99 Å². The van der Waals surface area contributed by atoms with Gasteiger partial charge >= 0.3 is 0 Å². The number of nitrogens with zero attached hydrogens (tertiary/aromatic N) is 1. The quantitative estimate of drug-likeness (QED) is 0.330. The van der Waals surface area contributed by atoms with Gasteiger partial charge in [0.05, 0.1) is 20.8 Å². The molecule has 3 rings (SSSR count). The topological polar surface area (TPSA) is 30.8 Å². The van der Waals surface area contributed by atoms with Gasteiger partial charge in [-0.2, -0.15) is 0 Å². The molecule has 0 fully saturated rings. The smallest absolute Gasteiger partial charge is 0.161 e. The van der Waals surface area contributed by atoms with Crippen LogP contribution in [0.3, 0.4) is 0 Å². The summed E-state index contributed by atoms with van der Waals surface area (Å²) in [6.07, 6.45) is 5.57. The molecule has 0 saturated heterocycles. The summed E-state index contributed by atoms with van der Waals surface area (Å²) in [7, 11) is 3.43. The zero-order chi connectivity index (χ0) is 21.5. The molecule has 30 heavy (non-hydrogen) atoms. The third kappa shape index (κ3) is 5.53. The highest BCUT2D eigenvalue weighted by molar-refractivity contribution is 5.81. The minimum atomic E-state index is 0.515. The summed E-state index contributed by atoms with van der Waals surface area (Å²) in [5.41, 5.74) is 6.55. The van der Waals surface area contributed by atoms with Crippen LogP contribution in [0, 0.1) is 0 Å². The zero-order valence-corrected chi connectivity index (χ0v) is 18.9. The van der Waals surface area contributed by atoms with Crippen molar-refractivity contribution in [3.8, 4) is 11.5 Å². The van der Waals surface area contributed by atoms with Gasteiger partial charge in [0.1, 0.15) is 0 Å². The molecule has 2 atom stereocenters. The van der Waals surface area contributed by atoms with Gasteiger partial charge < -0.3 is 9.47 Å². The lowest BCUT2D eigenvalue weighted by Gasteiger charge is -2.33. The van der Waals surface area contributed by atoms with Crippen molar-refractivity contribution in [2.45, 2.75) is 64.3 Å². The van der Waals surface area contributed by atoms with Crippen molar-refractivity contribution >= 4 is 5.71 Å². The Bertz CT molecular complexity index is 885.